The van der Waals surface area contributed by atoms with Crippen molar-refractivity contribution in [2.75, 3.05) is 5.73 Å². The van der Waals surface area contributed by atoms with Gasteiger partial charge in [0.1, 0.15) is 16.1 Å². The van der Waals surface area contributed by atoms with Gasteiger partial charge >= 0.3 is 0 Å². The average Bonchev–Trinajstić information content (AvgIpc) is 3.45. The first-order valence-electron chi connectivity index (χ1n) is 9.39. The van der Waals surface area contributed by atoms with E-state index in [1.54, 1.807) is 18.3 Å². The summed E-state index contributed by atoms with van der Waals surface area (Å²) in [5.74, 6) is 0.239. The predicted molar refractivity (Wildman–Crippen MR) is 109 cm³/mol. The number of halogens is 1. The lowest BCUT2D eigenvalue weighted by Gasteiger charge is -2.38. The predicted octanol–water partition coefficient (Wildman–Crippen LogP) is 4.29. The molecule has 1 heterocycles. The summed E-state index contributed by atoms with van der Waals surface area (Å²) < 4.78 is 29.9. The Hall–Kier alpha value is -1.63. The van der Waals surface area contributed by atoms with Gasteiger partial charge in [0.05, 0.1) is 11.4 Å². The normalized spacial score (nSPS) is 18.1. The Bertz CT molecular complexity index is 777. The van der Waals surface area contributed by atoms with Crippen LogP contribution in [-0.2, 0) is 16.9 Å². The maximum Gasteiger partial charge on any atom is 0.146 e. The van der Waals surface area contributed by atoms with Crippen LogP contribution in [0.3, 0.4) is 0 Å². The van der Waals surface area contributed by atoms with E-state index < -0.39 is 27.5 Å². The van der Waals surface area contributed by atoms with Gasteiger partial charge in [0.2, 0.25) is 0 Å². The first-order chi connectivity index (χ1) is 12.7. The summed E-state index contributed by atoms with van der Waals surface area (Å²) in [6.45, 7) is 5.79. The average molecular weight is 390 g/mol. The fraction of sp³-hybridized carbons (Fsp3) is 0.476. The van der Waals surface area contributed by atoms with E-state index in [1.165, 1.54) is 18.9 Å². The fourth-order valence-electron chi connectivity index (χ4n) is 3.15. The maximum atomic E-state index is 13.8. The van der Waals surface area contributed by atoms with Crippen molar-refractivity contribution in [1.29, 1.82) is 0 Å². The lowest BCUT2D eigenvalue weighted by molar-refractivity contribution is 0.392. The summed E-state index contributed by atoms with van der Waals surface area (Å²) in [5.41, 5.74) is 6.74. The van der Waals surface area contributed by atoms with Gasteiger partial charge < -0.3 is 10.3 Å². The molecule has 1 unspecified atom stereocenters. The maximum absolute atomic E-state index is 13.8. The van der Waals surface area contributed by atoms with Crippen LogP contribution in [0, 0.1) is 11.7 Å². The second-order valence-corrected chi connectivity index (χ2v) is 10.3. The van der Waals surface area contributed by atoms with E-state index in [2.05, 4.69) is 9.71 Å². The first-order valence-corrected chi connectivity index (χ1v) is 10.5. The molecular formula is C21H28FN3OS. The molecule has 0 amide bonds. The molecule has 1 saturated carbocycles. The van der Waals surface area contributed by atoms with E-state index in [4.69, 9.17) is 5.73 Å². The van der Waals surface area contributed by atoms with Gasteiger partial charge in [-0.2, -0.15) is 0 Å². The van der Waals surface area contributed by atoms with E-state index in [9.17, 15) is 8.94 Å². The second-order valence-electron chi connectivity index (χ2n) is 8.32. The van der Waals surface area contributed by atoms with Gasteiger partial charge in [-0.05, 0) is 69.4 Å². The minimum Gasteiger partial charge on any atom is -0.598 e. The monoisotopic (exact) mass is 389 g/mol. The Kier molecular flexibility index (Phi) is 5.79. The summed E-state index contributed by atoms with van der Waals surface area (Å²) in [6.07, 6.45) is 5.90. The van der Waals surface area contributed by atoms with E-state index in [0.29, 0.717) is 5.92 Å². The highest BCUT2D eigenvalue weighted by Gasteiger charge is 2.44. The quantitative estimate of drug-likeness (QED) is 0.547. The molecule has 3 rings (SSSR count). The number of nitrogen functional groups attached to an aromatic ring is 1. The molecule has 146 valence electrons. The third kappa shape index (κ3) is 4.62. The number of rotatable bonds is 7. The smallest absolute Gasteiger partial charge is 0.146 e. The Morgan fingerprint density at radius 3 is 2.56 bits per heavy atom. The van der Waals surface area contributed by atoms with Crippen LogP contribution >= 0.6 is 0 Å². The number of pyridine rings is 1. The highest BCUT2D eigenvalue weighted by atomic mass is 32.2. The molecule has 0 radical (unpaired) electrons. The molecule has 0 saturated heterocycles. The van der Waals surface area contributed by atoms with Crippen molar-refractivity contribution in [1.82, 2.24) is 9.71 Å². The van der Waals surface area contributed by atoms with Gasteiger partial charge in [-0.25, -0.2) is 4.39 Å². The molecule has 27 heavy (non-hydrogen) atoms. The highest BCUT2D eigenvalue weighted by molar-refractivity contribution is 7.90. The SMILES string of the molecule is CC(C)(C)[S+]([O-])N[C@](CCC1CC1)(c1ccc(F)c(N)c1)c1ccccn1. The number of anilines is 1. The van der Waals surface area contributed by atoms with Crippen LogP contribution in [0.4, 0.5) is 10.1 Å². The molecular weight excluding hydrogens is 361 g/mol. The number of nitrogens with zero attached hydrogens (tertiary/aromatic N) is 1. The summed E-state index contributed by atoms with van der Waals surface area (Å²) >= 11 is -1.34. The van der Waals surface area contributed by atoms with Crippen LogP contribution in [-0.4, -0.2) is 14.3 Å². The zero-order valence-corrected chi connectivity index (χ0v) is 17.0. The van der Waals surface area contributed by atoms with Gasteiger partial charge in [-0.15, -0.1) is 4.72 Å². The Labute approximate surface area is 164 Å². The van der Waals surface area contributed by atoms with Crippen molar-refractivity contribution in [2.45, 2.75) is 56.7 Å². The summed E-state index contributed by atoms with van der Waals surface area (Å²) in [7, 11) is 0. The molecule has 2 aromatic rings. The molecule has 6 heteroatoms. The molecule has 0 spiro atoms. The van der Waals surface area contributed by atoms with Gasteiger partial charge in [0.25, 0.3) is 0 Å². The second kappa shape index (κ2) is 7.78. The molecule has 2 atom stereocenters. The Morgan fingerprint density at radius 1 is 1.26 bits per heavy atom. The third-order valence-corrected chi connectivity index (χ3v) is 6.68. The third-order valence-electron chi connectivity index (χ3n) is 5.04. The molecule has 0 bridgehead atoms. The highest BCUT2D eigenvalue weighted by Crippen LogP contribution is 2.42. The van der Waals surface area contributed by atoms with E-state index in [-0.39, 0.29) is 5.69 Å². The van der Waals surface area contributed by atoms with E-state index >= 15 is 0 Å². The molecule has 1 aromatic heterocycles. The molecule has 0 aliphatic heterocycles. The summed E-state index contributed by atoms with van der Waals surface area (Å²) in [5, 5.41) is 0. The topological polar surface area (TPSA) is 74.0 Å². The van der Waals surface area contributed by atoms with Crippen molar-refractivity contribution < 1.29 is 8.94 Å². The van der Waals surface area contributed by atoms with Crippen LogP contribution < -0.4 is 10.5 Å². The van der Waals surface area contributed by atoms with E-state index in [0.717, 1.165) is 24.1 Å². The standard InChI is InChI=1S/C21H28FN3OS/c1-20(2,3)27(26)25-21(12-11-15-7-8-15,19-6-4-5-13-24-19)16-9-10-17(22)18(23)14-16/h4-6,9-10,13-15,25H,7-8,11-12,23H2,1-3H3/t21-,27?/m1/s1. The number of nitrogens with two attached hydrogens (primary N) is 1. The molecule has 1 aliphatic rings. The van der Waals surface area contributed by atoms with E-state index in [1.807, 2.05) is 39.0 Å². The Morgan fingerprint density at radius 2 is 2.00 bits per heavy atom. The summed E-state index contributed by atoms with van der Waals surface area (Å²) in [4.78, 5) is 4.58. The largest absolute Gasteiger partial charge is 0.598 e. The number of hydrogen-bond donors (Lipinski definition) is 2. The van der Waals surface area contributed by atoms with Crippen LogP contribution in [0.1, 0.15) is 57.7 Å². The number of benzene rings is 1. The fourth-order valence-corrected chi connectivity index (χ4v) is 4.09. The van der Waals surface area contributed by atoms with Crippen molar-refractivity contribution >= 4 is 17.0 Å². The molecule has 1 fully saturated rings. The van der Waals surface area contributed by atoms with Gasteiger partial charge in [-0.3, -0.25) is 4.98 Å². The van der Waals surface area contributed by atoms with Crippen LogP contribution in [0.15, 0.2) is 42.6 Å². The minimum absolute atomic E-state index is 0.0857. The molecule has 4 nitrogen and oxygen atoms in total. The van der Waals surface area contributed by atoms with Crippen LogP contribution in [0.25, 0.3) is 0 Å². The van der Waals surface area contributed by atoms with Crippen molar-refractivity contribution in [3.63, 3.8) is 0 Å². The van der Waals surface area contributed by atoms with Crippen molar-refractivity contribution in [3.8, 4) is 0 Å². The molecule has 1 aromatic carbocycles. The number of hydrogen-bond acceptors (Lipinski definition) is 4. The van der Waals surface area contributed by atoms with Gasteiger partial charge in [0, 0.05) is 17.6 Å². The van der Waals surface area contributed by atoms with Crippen LogP contribution in [0.2, 0.25) is 0 Å². The number of nitrogens with one attached hydrogen (secondary N) is 1. The zero-order valence-electron chi connectivity index (χ0n) is 16.2. The van der Waals surface area contributed by atoms with Crippen molar-refractivity contribution in [2.24, 2.45) is 5.92 Å². The molecule has 3 N–H and O–H groups in total. The zero-order chi connectivity index (χ0) is 19.7. The Balaban J connectivity index is 2.11. The summed E-state index contributed by atoms with van der Waals surface area (Å²) in [6, 6.07) is 10.4. The lowest BCUT2D eigenvalue weighted by atomic mass is 9.82. The van der Waals surface area contributed by atoms with Crippen LogP contribution in [0.5, 0.6) is 0 Å². The van der Waals surface area contributed by atoms with Gasteiger partial charge in [-0.1, -0.05) is 25.0 Å². The number of aromatic nitrogens is 1. The lowest BCUT2D eigenvalue weighted by Crippen LogP contribution is -2.52. The van der Waals surface area contributed by atoms with Gasteiger partial charge in [0.15, 0.2) is 0 Å². The van der Waals surface area contributed by atoms with Crippen molar-refractivity contribution in [3.05, 3.63) is 59.7 Å². The minimum atomic E-state index is -1.34. The molecule has 1 aliphatic carbocycles. The first kappa shape index (κ1) is 20.1.